The van der Waals surface area contributed by atoms with Crippen LogP contribution in [0.1, 0.15) is 44.2 Å². The van der Waals surface area contributed by atoms with E-state index in [9.17, 15) is 0 Å². The standard InChI is InChI=1S/C15H24BrN3/c1-2-3-4-5-15(19-8-6-17-7-9-19)13-10-14(16)12-18-11-13/h10-12,15,17H,2-9H2,1H3/t15-/m0/s1. The lowest BCUT2D eigenvalue weighted by atomic mass is 9.99. The summed E-state index contributed by atoms with van der Waals surface area (Å²) < 4.78 is 1.08. The number of halogens is 1. The second-order valence-electron chi connectivity index (χ2n) is 5.23. The van der Waals surface area contributed by atoms with Gasteiger partial charge in [0, 0.05) is 49.1 Å². The van der Waals surface area contributed by atoms with Crippen LogP contribution in [0.25, 0.3) is 0 Å². The molecular formula is C15H24BrN3. The quantitative estimate of drug-likeness (QED) is 0.813. The van der Waals surface area contributed by atoms with E-state index in [0.717, 1.165) is 30.7 Å². The van der Waals surface area contributed by atoms with E-state index in [0.29, 0.717) is 6.04 Å². The number of rotatable bonds is 6. The van der Waals surface area contributed by atoms with Gasteiger partial charge in [-0.2, -0.15) is 0 Å². The van der Waals surface area contributed by atoms with Gasteiger partial charge in [0.2, 0.25) is 0 Å². The second-order valence-corrected chi connectivity index (χ2v) is 6.15. The van der Waals surface area contributed by atoms with Crippen molar-refractivity contribution in [3.8, 4) is 0 Å². The Bertz CT molecular complexity index is 377. The highest BCUT2D eigenvalue weighted by molar-refractivity contribution is 9.10. The number of nitrogens with one attached hydrogen (secondary N) is 1. The van der Waals surface area contributed by atoms with Gasteiger partial charge >= 0.3 is 0 Å². The number of unbranched alkanes of at least 4 members (excludes halogenated alkanes) is 2. The highest BCUT2D eigenvalue weighted by atomic mass is 79.9. The first-order chi connectivity index (χ1) is 9.31. The Labute approximate surface area is 124 Å². The summed E-state index contributed by atoms with van der Waals surface area (Å²) >= 11 is 3.54. The molecule has 1 fully saturated rings. The minimum absolute atomic E-state index is 0.527. The Balaban J connectivity index is 2.08. The van der Waals surface area contributed by atoms with Crippen LogP contribution in [0, 0.1) is 0 Å². The van der Waals surface area contributed by atoms with Crippen molar-refractivity contribution in [3.05, 3.63) is 28.5 Å². The van der Waals surface area contributed by atoms with Gasteiger partial charge in [-0.3, -0.25) is 9.88 Å². The summed E-state index contributed by atoms with van der Waals surface area (Å²) in [5.41, 5.74) is 1.35. The molecule has 0 saturated carbocycles. The minimum Gasteiger partial charge on any atom is -0.314 e. The molecule has 0 spiro atoms. The van der Waals surface area contributed by atoms with E-state index >= 15 is 0 Å². The molecule has 0 amide bonds. The van der Waals surface area contributed by atoms with Crippen LogP contribution in [0.15, 0.2) is 22.9 Å². The van der Waals surface area contributed by atoms with E-state index in [1.165, 1.54) is 31.2 Å². The maximum absolute atomic E-state index is 4.34. The molecule has 0 bridgehead atoms. The highest BCUT2D eigenvalue weighted by Crippen LogP contribution is 2.28. The molecule has 1 aliphatic rings. The molecule has 2 rings (SSSR count). The smallest absolute Gasteiger partial charge is 0.0410 e. The minimum atomic E-state index is 0.527. The lowest BCUT2D eigenvalue weighted by Gasteiger charge is -2.35. The Morgan fingerprint density at radius 3 is 2.79 bits per heavy atom. The molecule has 1 N–H and O–H groups in total. The zero-order valence-corrected chi connectivity index (χ0v) is 13.3. The molecule has 0 aliphatic carbocycles. The van der Waals surface area contributed by atoms with Gasteiger partial charge in [-0.1, -0.05) is 26.2 Å². The fourth-order valence-electron chi connectivity index (χ4n) is 2.75. The number of nitrogens with zero attached hydrogens (tertiary/aromatic N) is 2. The predicted molar refractivity (Wildman–Crippen MR) is 83.3 cm³/mol. The van der Waals surface area contributed by atoms with Gasteiger partial charge < -0.3 is 5.32 Å². The summed E-state index contributed by atoms with van der Waals surface area (Å²) in [6.07, 6.45) is 9.05. The van der Waals surface area contributed by atoms with Gasteiger partial charge in [0.05, 0.1) is 0 Å². The van der Waals surface area contributed by atoms with Crippen LogP contribution < -0.4 is 5.32 Å². The summed E-state index contributed by atoms with van der Waals surface area (Å²) in [6.45, 7) is 6.75. The van der Waals surface area contributed by atoms with E-state index in [2.05, 4.69) is 44.1 Å². The van der Waals surface area contributed by atoms with Crippen LogP contribution >= 0.6 is 15.9 Å². The second kappa shape index (κ2) is 7.98. The van der Waals surface area contributed by atoms with Crippen LogP contribution in [0.4, 0.5) is 0 Å². The Hall–Kier alpha value is -0.450. The van der Waals surface area contributed by atoms with Crippen molar-refractivity contribution in [1.29, 1.82) is 0 Å². The largest absolute Gasteiger partial charge is 0.314 e. The molecule has 4 heteroatoms. The van der Waals surface area contributed by atoms with E-state index in [1.54, 1.807) is 0 Å². The molecule has 0 radical (unpaired) electrons. The molecule has 1 atom stereocenters. The van der Waals surface area contributed by atoms with Gasteiger partial charge in [-0.25, -0.2) is 0 Å². The average molecular weight is 326 g/mol. The van der Waals surface area contributed by atoms with Gasteiger partial charge in [0.1, 0.15) is 0 Å². The topological polar surface area (TPSA) is 28.2 Å². The van der Waals surface area contributed by atoms with E-state index in [-0.39, 0.29) is 0 Å². The summed E-state index contributed by atoms with van der Waals surface area (Å²) in [5, 5.41) is 3.43. The number of piperazine rings is 1. The lowest BCUT2D eigenvalue weighted by molar-refractivity contribution is 0.162. The molecule has 0 aromatic carbocycles. The maximum Gasteiger partial charge on any atom is 0.0410 e. The maximum atomic E-state index is 4.34. The third-order valence-corrected chi connectivity index (χ3v) is 4.22. The highest BCUT2D eigenvalue weighted by Gasteiger charge is 2.22. The van der Waals surface area contributed by atoms with Crippen molar-refractivity contribution in [3.63, 3.8) is 0 Å². The van der Waals surface area contributed by atoms with Crippen molar-refractivity contribution >= 4 is 15.9 Å². The summed E-state index contributed by atoms with van der Waals surface area (Å²) in [5.74, 6) is 0. The molecule has 3 nitrogen and oxygen atoms in total. The van der Waals surface area contributed by atoms with Crippen LogP contribution in [-0.4, -0.2) is 36.1 Å². The molecule has 1 aromatic heterocycles. The number of hydrogen-bond donors (Lipinski definition) is 1. The van der Waals surface area contributed by atoms with Gasteiger partial charge in [0.25, 0.3) is 0 Å². The van der Waals surface area contributed by atoms with Gasteiger partial charge in [-0.15, -0.1) is 0 Å². The molecule has 0 unspecified atom stereocenters. The zero-order chi connectivity index (χ0) is 13.5. The fraction of sp³-hybridized carbons (Fsp3) is 0.667. The van der Waals surface area contributed by atoms with Crippen molar-refractivity contribution in [2.24, 2.45) is 0 Å². The third kappa shape index (κ3) is 4.55. The van der Waals surface area contributed by atoms with Crippen LogP contribution in [0.3, 0.4) is 0 Å². The molecule has 1 aromatic rings. The first-order valence-corrected chi connectivity index (χ1v) is 8.15. The number of hydrogen-bond acceptors (Lipinski definition) is 3. The van der Waals surface area contributed by atoms with Crippen molar-refractivity contribution in [2.45, 2.75) is 38.6 Å². The molecule has 2 heterocycles. The SMILES string of the molecule is CCCCC[C@@H](c1cncc(Br)c1)N1CCNCC1. The Kier molecular flexibility index (Phi) is 6.28. The summed E-state index contributed by atoms with van der Waals surface area (Å²) in [7, 11) is 0. The first-order valence-electron chi connectivity index (χ1n) is 7.36. The predicted octanol–water partition coefficient (Wildman–Crippen LogP) is 3.37. The molecule has 19 heavy (non-hydrogen) atoms. The molecule has 1 aliphatic heterocycles. The molecule has 106 valence electrons. The van der Waals surface area contributed by atoms with E-state index in [4.69, 9.17) is 0 Å². The zero-order valence-electron chi connectivity index (χ0n) is 11.7. The summed E-state index contributed by atoms with van der Waals surface area (Å²) in [4.78, 5) is 6.95. The van der Waals surface area contributed by atoms with Crippen LogP contribution in [-0.2, 0) is 0 Å². The van der Waals surface area contributed by atoms with Crippen molar-refractivity contribution in [2.75, 3.05) is 26.2 Å². The van der Waals surface area contributed by atoms with E-state index in [1.807, 2.05) is 12.4 Å². The van der Waals surface area contributed by atoms with E-state index < -0.39 is 0 Å². The average Bonchev–Trinajstić information content (AvgIpc) is 2.45. The summed E-state index contributed by atoms with van der Waals surface area (Å²) in [6, 6.07) is 2.75. The van der Waals surface area contributed by atoms with Gasteiger partial charge in [0.15, 0.2) is 0 Å². The Morgan fingerprint density at radius 2 is 2.11 bits per heavy atom. The van der Waals surface area contributed by atoms with Crippen LogP contribution in [0.2, 0.25) is 0 Å². The number of pyridine rings is 1. The fourth-order valence-corrected chi connectivity index (χ4v) is 3.13. The Morgan fingerprint density at radius 1 is 1.32 bits per heavy atom. The first kappa shape index (κ1) is 14.9. The monoisotopic (exact) mass is 325 g/mol. The van der Waals surface area contributed by atoms with Crippen molar-refractivity contribution < 1.29 is 0 Å². The van der Waals surface area contributed by atoms with Crippen molar-refractivity contribution in [1.82, 2.24) is 15.2 Å². The molecule has 1 saturated heterocycles. The molecular weight excluding hydrogens is 302 g/mol. The lowest BCUT2D eigenvalue weighted by Crippen LogP contribution is -2.45. The van der Waals surface area contributed by atoms with Crippen LogP contribution in [0.5, 0.6) is 0 Å². The number of aromatic nitrogens is 1. The normalized spacial score (nSPS) is 18.4. The van der Waals surface area contributed by atoms with Gasteiger partial charge in [-0.05, 0) is 34.0 Å². The third-order valence-electron chi connectivity index (χ3n) is 3.78.